The van der Waals surface area contributed by atoms with Crippen molar-refractivity contribution < 1.29 is 33.9 Å². The zero-order valence-corrected chi connectivity index (χ0v) is 7.85. The van der Waals surface area contributed by atoms with Gasteiger partial charge in [-0.3, -0.25) is 4.79 Å². The number of hydrogen-bond donors (Lipinski definition) is 5. The van der Waals surface area contributed by atoms with Crippen molar-refractivity contribution in [1.29, 1.82) is 0 Å². The molecule has 9 heteroatoms. The Morgan fingerprint density at radius 3 is 2.00 bits per heavy atom. The highest BCUT2D eigenvalue weighted by molar-refractivity contribution is 7.45. The molecule has 0 spiro atoms. The van der Waals surface area contributed by atoms with Crippen LogP contribution in [0.15, 0.2) is 0 Å². The second kappa shape index (κ2) is 5.06. The number of amides is 1. The average Bonchev–Trinajstić information content (AvgIpc) is 2.31. The second-order valence-corrected chi connectivity index (χ2v) is 3.54. The summed E-state index contributed by atoms with van der Waals surface area (Å²) in [5, 5.41) is 10.6. The van der Waals surface area contributed by atoms with E-state index in [-0.39, 0.29) is 5.91 Å². The third-order valence-corrected chi connectivity index (χ3v) is 1.29. The Kier molecular flexibility index (Phi) is 4.72. The smallest absolute Gasteiger partial charge is 0.466 e. The first-order chi connectivity index (χ1) is 6.20. The number of phosphoric acid groups is 1. The number of carboxylic acids is 1. The van der Waals surface area contributed by atoms with E-state index in [9.17, 15) is 9.59 Å². The Bertz CT molecular complexity index is 263. The number of carbonyl (C=O) groups is 2. The van der Waals surface area contributed by atoms with Gasteiger partial charge in [-0.15, -0.1) is 0 Å². The van der Waals surface area contributed by atoms with Gasteiger partial charge in [0.05, 0.1) is 0 Å². The molecule has 5 N–H and O–H groups in total. The first-order valence-corrected chi connectivity index (χ1v) is 5.07. The monoisotopic (exact) mass is 227 g/mol. The maximum Gasteiger partial charge on any atom is 0.466 e. The van der Waals surface area contributed by atoms with Gasteiger partial charge in [0.15, 0.2) is 0 Å². The Labute approximate surface area is 78.8 Å². The van der Waals surface area contributed by atoms with Crippen LogP contribution in [-0.4, -0.2) is 37.7 Å². The van der Waals surface area contributed by atoms with Gasteiger partial charge in [-0.25, -0.2) is 9.36 Å². The second-order valence-electron chi connectivity index (χ2n) is 2.51. The molecule has 1 rings (SSSR count). The first-order valence-electron chi connectivity index (χ1n) is 3.50. The Morgan fingerprint density at radius 2 is 1.86 bits per heavy atom. The molecule has 1 aliphatic heterocycles. The Hall–Kier alpha value is -0.950. The summed E-state index contributed by atoms with van der Waals surface area (Å²) in [6.07, 6.45) is 0.769. The van der Waals surface area contributed by atoms with Crippen LogP contribution >= 0.6 is 7.82 Å². The van der Waals surface area contributed by atoms with E-state index >= 15 is 0 Å². The molecule has 82 valence electrons. The predicted octanol–water partition coefficient (Wildman–Crippen LogP) is -1.58. The maximum absolute atomic E-state index is 10.4. The van der Waals surface area contributed by atoms with Crippen molar-refractivity contribution in [3.8, 4) is 0 Å². The summed E-state index contributed by atoms with van der Waals surface area (Å²) in [5.41, 5.74) is 0. The third-order valence-electron chi connectivity index (χ3n) is 1.29. The zero-order chi connectivity index (χ0) is 11.4. The molecular formula is C5H10NO7P. The quantitative estimate of drug-likeness (QED) is 0.340. The fourth-order valence-corrected chi connectivity index (χ4v) is 0.799. The van der Waals surface area contributed by atoms with Gasteiger partial charge >= 0.3 is 13.8 Å². The molecule has 1 amide bonds. The van der Waals surface area contributed by atoms with Crippen molar-refractivity contribution in [2.45, 2.75) is 18.9 Å². The first kappa shape index (κ1) is 13.1. The molecule has 14 heavy (non-hydrogen) atoms. The van der Waals surface area contributed by atoms with Crippen LogP contribution in [0.4, 0.5) is 0 Å². The largest absolute Gasteiger partial charge is 0.480 e. The number of rotatable bonds is 1. The van der Waals surface area contributed by atoms with Crippen LogP contribution in [0.3, 0.4) is 0 Å². The maximum atomic E-state index is 10.4. The third kappa shape index (κ3) is 7.69. The molecule has 0 aliphatic carbocycles. The topological polar surface area (TPSA) is 144 Å². The fraction of sp³-hybridized carbons (Fsp3) is 0.600. The molecule has 1 aliphatic rings. The van der Waals surface area contributed by atoms with Crippen molar-refractivity contribution in [3.05, 3.63) is 0 Å². The lowest BCUT2D eigenvalue weighted by atomic mass is 10.2. The van der Waals surface area contributed by atoms with E-state index in [4.69, 9.17) is 24.4 Å². The lowest BCUT2D eigenvalue weighted by molar-refractivity contribution is -0.140. The molecule has 1 fully saturated rings. The number of nitrogens with one attached hydrogen (secondary N) is 1. The minimum absolute atomic E-state index is 0.164. The molecule has 1 saturated heterocycles. The average molecular weight is 227 g/mol. The number of aliphatic carboxylic acids is 1. The molecule has 1 atom stereocenters. The van der Waals surface area contributed by atoms with Crippen LogP contribution in [0.1, 0.15) is 12.8 Å². The zero-order valence-electron chi connectivity index (χ0n) is 6.95. The summed E-state index contributed by atoms with van der Waals surface area (Å²) in [6, 6.07) is -0.641. The van der Waals surface area contributed by atoms with E-state index < -0.39 is 19.8 Å². The van der Waals surface area contributed by atoms with Crippen LogP contribution in [-0.2, 0) is 14.2 Å². The van der Waals surface area contributed by atoms with E-state index in [1.54, 1.807) is 0 Å². The minimum atomic E-state index is -4.64. The molecule has 0 unspecified atom stereocenters. The van der Waals surface area contributed by atoms with Gasteiger partial charge in [-0.1, -0.05) is 0 Å². The van der Waals surface area contributed by atoms with Gasteiger partial charge in [0.1, 0.15) is 6.04 Å². The van der Waals surface area contributed by atoms with Gasteiger partial charge in [0.25, 0.3) is 0 Å². The normalized spacial score (nSPS) is 20.8. The van der Waals surface area contributed by atoms with E-state index in [2.05, 4.69) is 5.32 Å². The lowest BCUT2D eigenvalue weighted by Gasteiger charge is -1.99. The van der Waals surface area contributed by atoms with Crippen LogP contribution in [0.2, 0.25) is 0 Å². The highest BCUT2D eigenvalue weighted by Gasteiger charge is 2.26. The van der Waals surface area contributed by atoms with E-state index in [0.29, 0.717) is 12.8 Å². The molecule has 0 aromatic heterocycles. The molecule has 1 heterocycles. The summed E-state index contributed by atoms with van der Waals surface area (Å²) in [7, 11) is -4.64. The van der Waals surface area contributed by atoms with Gasteiger partial charge < -0.3 is 25.1 Å². The Morgan fingerprint density at radius 1 is 1.43 bits per heavy atom. The minimum Gasteiger partial charge on any atom is -0.480 e. The van der Waals surface area contributed by atoms with Crippen LogP contribution < -0.4 is 5.32 Å². The van der Waals surface area contributed by atoms with E-state index in [1.165, 1.54) is 0 Å². The predicted molar refractivity (Wildman–Crippen MR) is 43.1 cm³/mol. The van der Waals surface area contributed by atoms with E-state index in [0.717, 1.165) is 0 Å². The molecular weight excluding hydrogens is 217 g/mol. The Balaban J connectivity index is 0.000000292. The summed E-state index contributed by atoms with van der Waals surface area (Å²) >= 11 is 0. The number of carboxylic acid groups (broad SMARTS) is 1. The van der Waals surface area contributed by atoms with Crippen molar-refractivity contribution in [2.24, 2.45) is 0 Å². The van der Waals surface area contributed by atoms with Gasteiger partial charge in [0.2, 0.25) is 5.91 Å². The van der Waals surface area contributed by atoms with Gasteiger partial charge in [-0.05, 0) is 6.42 Å². The summed E-state index contributed by atoms with van der Waals surface area (Å²) < 4.78 is 8.88. The summed E-state index contributed by atoms with van der Waals surface area (Å²) in [6.45, 7) is 0. The van der Waals surface area contributed by atoms with Crippen LogP contribution in [0.5, 0.6) is 0 Å². The van der Waals surface area contributed by atoms with Crippen molar-refractivity contribution in [1.82, 2.24) is 5.32 Å². The standard InChI is InChI=1S/C5H7NO3.H3O4P/c7-4-2-1-3(6-4)5(8)9;1-5(2,3)4/h3H,1-2H2,(H,6,7)(H,8,9);(H3,1,2,3,4)/t3-;/m0./s1. The summed E-state index contributed by atoms with van der Waals surface area (Å²) in [5.74, 6) is -1.11. The van der Waals surface area contributed by atoms with Crippen molar-refractivity contribution >= 4 is 19.7 Å². The van der Waals surface area contributed by atoms with Gasteiger partial charge in [-0.2, -0.15) is 0 Å². The number of carbonyl (C=O) groups excluding carboxylic acids is 1. The molecule has 0 aromatic carbocycles. The molecule has 0 saturated carbocycles. The molecule has 0 aromatic rings. The highest BCUT2D eigenvalue weighted by atomic mass is 31.2. The van der Waals surface area contributed by atoms with Gasteiger partial charge in [0, 0.05) is 6.42 Å². The number of hydrogen-bond acceptors (Lipinski definition) is 3. The summed E-state index contributed by atoms with van der Waals surface area (Å²) in [4.78, 5) is 42.1. The fourth-order valence-electron chi connectivity index (χ4n) is 0.799. The molecule has 8 nitrogen and oxygen atoms in total. The van der Waals surface area contributed by atoms with Crippen LogP contribution in [0.25, 0.3) is 0 Å². The molecule has 0 radical (unpaired) electrons. The van der Waals surface area contributed by atoms with Crippen molar-refractivity contribution in [2.75, 3.05) is 0 Å². The lowest BCUT2D eigenvalue weighted by Crippen LogP contribution is -2.32. The van der Waals surface area contributed by atoms with E-state index in [1.807, 2.05) is 0 Å². The SMILES string of the molecule is O=C1CC[C@@H](C(=O)O)N1.O=P(O)(O)O. The highest BCUT2D eigenvalue weighted by Crippen LogP contribution is 2.25. The van der Waals surface area contributed by atoms with Crippen molar-refractivity contribution in [3.63, 3.8) is 0 Å². The van der Waals surface area contributed by atoms with Crippen LogP contribution in [0, 0.1) is 0 Å². The molecule has 0 bridgehead atoms.